The van der Waals surface area contributed by atoms with Crippen molar-refractivity contribution in [3.63, 3.8) is 0 Å². The molecule has 0 bridgehead atoms. The Kier molecular flexibility index (Phi) is 6.16. The van der Waals surface area contributed by atoms with Crippen LogP contribution in [0.1, 0.15) is 5.56 Å². The summed E-state index contributed by atoms with van der Waals surface area (Å²) in [6, 6.07) is 9.93. The number of hydrogen-bond acceptors (Lipinski definition) is 3. The van der Waals surface area contributed by atoms with Gasteiger partial charge < -0.3 is 5.11 Å². The van der Waals surface area contributed by atoms with Gasteiger partial charge in [-0.1, -0.05) is 27.5 Å². The number of halogens is 6. The molecule has 1 N–H and O–H groups in total. The maximum atomic E-state index is 13.6. The first kappa shape index (κ1) is 21.5. The third-order valence-electron chi connectivity index (χ3n) is 4.01. The first-order chi connectivity index (χ1) is 13.5. The molecule has 1 heterocycles. The fraction of sp³-hybridized carbons (Fsp3) is 0.222. The van der Waals surface area contributed by atoms with Gasteiger partial charge in [-0.2, -0.15) is 13.2 Å². The van der Waals surface area contributed by atoms with Gasteiger partial charge in [-0.3, -0.25) is 4.57 Å². The van der Waals surface area contributed by atoms with E-state index in [0.29, 0.717) is 20.6 Å². The topological polar surface area (TPSA) is 60.0 Å². The van der Waals surface area contributed by atoms with E-state index in [2.05, 4.69) is 21.0 Å². The monoisotopic (exact) mass is 493 g/mol. The zero-order chi connectivity index (χ0) is 21.3. The van der Waals surface area contributed by atoms with Crippen LogP contribution in [0.2, 0.25) is 5.02 Å². The highest BCUT2D eigenvalue weighted by Gasteiger charge is 2.39. The first-order valence-corrected chi connectivity index (χ1v) is 9.35. The fourth-order valence-corrected chi connectivity index (χ4v) is 3.31. The van der Waals surface area contributed by atoms with E-state index in [0.717, 1.165) is 9.25 Å². The summed E-state index contributed by atoms with van der Waals surface area (Å²) < 4.78 is 54.2. The Morgan fingerprint density at radius 3 is 2.41 bits per heavy atom. The van der Waals surface area contributed by atoms with Gasteiger partial charge in [0.25, 0.3) is 0 Å². The summed E-state index contributed by atoms with van der Waals surface area (Å²) >= 11 is 8.97. The summed E-state index contributed by atoms with van der Waals surface area (Å²) in [5.74, 6) is -0.627. The van der Waals surface area contributed by atoms with E-state index >= 15 is 0 Å². The highest BCUT2D eigenvalue weighted by atomic mass is 79.9. The molecule has 11 heteroatoms. The summed E-state index contributed by atoms with van der Waals surface area (Å²) in [7, 11) is 0. The standard InChI is InChI=1S/C18H13BrClF4N3O2/c19-12-5-10(6-14(21)7-12)8-27-17(29)26(9-15(28)18(22,23)24)16(25-27)11-1-3-13(20)4-2-11/h1-7,15,28H,8-9H2/t15-/m0/s1. The molecule has 1 atom stereocenters. The highest BCUT2D eigenvalue weighted by Crippen LogP contribution is 2.24. The molecule has 29 heavy (non-hydrogen) atoms. The highest BCUT2D eigenvalue weighted by molar-refractivity contribution is 9.10. The Bertz CT molecular complexity index is 1060. The van der Waals surface area contributed by atoms with Gasteiger partial charge in [0, 0.05) is 15.1 Å². The van der Waals surface area contributed by atoms with Gasteiger partial charge in [-0.05, 0) is 48.0 Å². The van der Waals surface area contributed by atoms with Gasteiger partial charge in [0.2, 0.25) is 0 Å². The van der Waals surface area contributed by atoms with E-state index in [1.165, 1.54) is 36.4 Å². The number of benzene rings is 2. The average molecular weight is 495 g/mol. The van der Waals surface area contributed by atoms with Gasteiger partial charge in [0.15, 0.2) is 11.9 Å². The minimum absolute atomic E-state index is 0.0783. The van der Waals surface area contributed by atoms with Gasteiger partial charge in [-0.15, -0.1) is 5.10 Å². The number of nitrogens with zero attached hydrogens (tertiary/aromatic N) is 3. The lowest BCUT2D eigenvalue weighted by atomic mass is 10.2. The van der Waals surface area contributed by atoms with Gasteiger partial charge in [0.05, 0.1) is 13.1 Å². The number of aromatic nitrogens is 3. The van der Waals surface area contributed by atoms with Crippen molar-refractivity contribution in [3.05, 3.63) is 73.8 Å². The van der Waals surface area contributed by atoms with Crippen molar-refractivity contribution in [2.75, 3.05) is 0 Å². The Labute approximate surface area is 175 Å². The van der Waals surface area contributed by atoms with Crippen LogP contribution in [0.3, 0.4) is 0 Å². The molecule has 5 nitrogen and oxygen atoms in total. The molecule has 0 saturated carbocycles. The number of aliphatic hydroxyl groups is 1. The van der Waals surface area contributed by atoms with Gasteiger partial charge in [0.1, 0.15) is 5.82 Å². The quantitative estimate of drug-likeness (QED) is 0.540. The number of alkyl halides is 3. The Morgan fingerprint density at radius 2 is 1.83 bits per heavy atom. The van der Waals surface area contributed by atoms with E-state index in [1.807, 2.05) is 0 Å². The van der Waals surface area contributed by atoms with Crippen molar-refractivity contribution in [2.45, 2.75) is 25.4 Å². The minimum atomic E-state index is -4.91. The van der Waals surface area contributed by atoms with Crippen LogP contribution in [0.4, 0.5) is 17.6 Å². The average Bonchev–Trinajstić information content (AvgIpc) is 2.90. The van der Waals surface area contributed by atoms with Crippen LogP contribution in [-0.2, 0) is 13.1 Å². The normalized spacial score (nSPS) is 12.9. The molecule has 154 valence electrons. The van der Waals surface area contributed by atoms with Crippen LogP contribution >= 0.6 is 27.5 Å². The smallest absolute Gasteiger partial charge is 0.382 e. The zero-order valence-electron chi connectivity index (χ0n) is 14.5. The van der Waals surface area contributed by atoms with Crippen molar-refractivity contribution in [1.29, 1.82) is 0 Å². The largest absolute Gasteiger partial charge is 0.416 e. The van der Waals surface area contributed by atoms with Gasteiger partial charge in [-0.25, -0.2) is 13.9 Å². The third kappa shape index (κ3) is 5.06. The van der Waals surface area contributed by atoms with Crippen LogP contribution in [0.15, 0.2) is 51.7 Å². The van der Waals surface area contributed by atoms with E-state index in [4.69, 9.17) is 11.6 Å². The van der Waals surface area contributed by atoms with E-state index in [1.54, 1.807) is 6.07 Å². The summed E-state index contributed by atoms with van der Waals surface area (Å²) in [4.78, 5) is 12.7. The minimum Gasteiger partial charge on any atom is -0.382 e. The van der Waals surface area contributed by atoms with Crippen LogP contribution in [0, 0.1) is 5.82 Å². The van der Waals surface area contributed by atoms with Crippen molar-refractivity contribution in [1.82, 2.24) is 14.3 Å². The van der Waals surface area contributed by atoms with Gasteiger partial charge >= 0.3 is 11.9 Å². The van der Waals surface area contributed by atoms with E-state index in [9.17, 15) is 27.5 Å². The van der Waals surface area contributed by atoms with Crippen molar-refractivity contribution in [3.8, 4) is 11.4 Å². The van der Waals surface area contributed by atoms with Crippen LogP contribution < -0.4 is 5.69 Å². The first-order valence-electron chi connectivity index (χ1n) is 8.18. The Hall–Kier alpha value is -2.17. The number of rotatable bonds is 5. The molecule has 0 amide bonds. The molecular weight excluding hydrogens is 482 g/mol. The SMILES string of the molecule is O=c1n(Cc2cc(F)cc(Br)c2)nc(-c2ccc(Cl)cc2)n1C[C@H](O)C(F)(F)F. The molecule has 3 rings (SSSR count). The molecule has 0 spiro atoms. The molecule has 0 saturated heterocycles. The molecule has 0 aliphatic rings. The zero-order valence-corrected chi connectivity index (χ0v) is 16.8. The molecule has 0 aliphatic heterocycles. The molecule has 0 fully saturated rings. The molecule has 2 aromatic carbocycles. The Balaban J connectivity index is 2.07. The Morgan fingerprint density at radius 1 is 1.17 bits per heavy atom. The van der Waals surface area contributed by atoms with Crippen molar-refractivity contribution < 1.29 is 22.7 Å². The maximum Gasteiger partial charge on any atom is 0.416 e. The molecule has 3 aromatic rings. The molecular formula is C18H13BrClF4N3O2. The molecule has 0 aliphatic carbocycles. The van der Waals surface area contributed by atoms with Crippen LogP contribution in [-0.4, -0.2) is 31.7 Å². The summed E-state index contributed by atoms with van der Waals surface area (Å²) in [6.07, 6.45) is -7.67. The molecule has 0 unspecified atom stereocenters. The predicted octanol–water partition coefficient (Wildman–Crippen LogP) is 4.24. The van der Waals surface area contributed by atoms with Crippen LogP contribution in [0.5, 0.6) is 0 Å². The molecule has 1 aromatic heterocycles. The lowest BCUT2D eigenvalue weighted by molar-refractivity contribution is -0.207. The maximum absolute atomic E-state index is 13.6. The van der Waals surface area contributed by atoms with Crippen molar-refractivity contribution >= 4 is 27.5 Å². The predicted molar refractivity (Wildman–Crippen MR) is 102 cm³/mol. The second kappa shape index (κ2) is 8.29. The summed E-state index contributed by atoms with van der Waals surface area (Å²) in [5, 5.41) is 14.0. The molecule has 0 radical (unpaired) electrons. The second-order valence-electron chi connectivity index (χ2n) is 6.22. The summed E-state index contributed by atoms with van der Waals surface area (Å²) in [5.41, 5.74) is -0.165. The lowest BCUT2D eigenvalue weighted by Gasteiger charge is -2.15. The van der Waals surface area contributed by atoms with Crippen LogP contribution in [0.25, 0.3) is 11.4 Å². The van der Waals surface area contributed by atoms with Crippen molar-refractivity contribution in [2.24, 2.45) is 0 Å². The fourth-order valence-electron chi connectivity index (χ4n) is 2.67. The van der Waals surface area contributed by atoms with E-state index < -0.39 is 30.3 Å². The second-order valence-corrected chi connectivity index (χ2v) is 7.57. The third-order valence-corrected chi connectivity index (χ3v) is 4.72. The summed E-state index contributed by atoms with van der Waals surface area (Å²) in [6.45, 7) is -1.21. The number of hydrogen-bond donors (Lipinski definition) is 1. The lowest BCUT2D eigenvalue weighted by Crippen LogP contribution is -2.37. The number of aliphatic hydroxyl groups excluding tert-OH is 1. The van der Waals surface area contributed by atoms with E-state index in [-0.39, 0.29) is 12.4 Å².